The monoisotopic (exact) mass is 357 g/mol. The number of halogens is 1. The molecule has 0 spiro atoms. The highest BCUT2D eigenvalue weighted by Crippen LogP contribution is 2.34. The molecule has 0 radical (unpaired) electrons. The summed E-state index contributed by atoms with van der Waals surface area (Å²) in [5.74, 6) is -1.24. The van der Waals surface area contributed by atoms with Crippen LogP contribution in [-0.2, 0) is 9.59 Å². The number of amides is 2. The van der Waals surface area contributed by atoms with E-state index >= 15 is 0 Å². The Hall–Kier alpha value is -2.79. The highest BCUT2D eigenvalue weighted by molar-refractivity contribution is 6.45. The second-order valence-corrected chi connectivity index (χ2v) is 5.99. The number of anilines is 1. The van der Waals surface area contributed by atoms with E-state index < -0.39 is 17.6 Å². The molecule has 6 heteroatoms. The Bertz CT molecular complexity index is 887. The van der Waals surface area contributed by atoms with Gasteiger partial charge in [0, 0.05) is 5.02 Å². The summed E-state index contributed by atoms with van der Waals surface area (Å²) in [6.45, 7) is 4.13. The second-order valence-electron chi connectivity index (χ2n) is 5.56. The molecule has 2 amide bonds. The summed E-state index contributed by atoms with van der Waals surface area (Å²) >= 11 is 5.93. The zero-order valence-electron chi connectivity index (χ0n) is 13.7. The summed E-state index contributed by atoms with van der Waals surface area (Å²) in [7, 11) is 0. The van der Waals surface area contributed by atoms with Crippen molar-refractivity contribution < 1.29 is 19.4 Å². The Morgan fingerprint density at radius 3 is 2.36 bits per heavy atom. The van der Waals surface area contributed by atoms with Gasteiger partial charge in [0.25, 0.3) is 5.91 Å². The van der Waals surface area contributed by atoms with Crippen molar-refractivity contribution in [2.24, 2.45) is 0 Å². The molecule has 0 saturated carbocycles. The van der Waals surface area contributed by atoms with Gasteiger partial charge in [-0.05, 0) is 55.3 Å². The van der Waals surface area contributed by atoms with E-state index in [2.05, 4.69) is 0 Å². The standard InChI is InChI=1S/C19H16ClNO4/c1-3-25-14-7-4-12(5-8-14)16-17(22)19(24)21(18(16)23)15-9-6-13(20)10-11(15)2/h4-10,22H,3H2,1-2H3. The summed E-state index contributed by atoms with van der Waals surface area (Å²) in [5, 5.41) is 10.7. The van der Waals surface area contributed by atoms with Crippen LogP contribution in [0.2, 0.25) is 5.02 Å². The van der Waals surface area contributed by atoms with Crippen LogP contribution >= 0.6 is 11.6 Å². The fraction of sp³-hybridized carbons (Fsp3) is 0.158. The summed E-state index contributed by atoms with van der Waals surface area (Å²) < 4.78 is 5.36. The molecule has 2 aromatic carbocycles. The Morgan fingerprint density at radius 1 is 1.08 bits per heavy atom. The van der Waals surface area contributed by atoms with E-state index in [1.807, 2.05) is 6.92 Å². The van der Waals surface area contributed by atoms with E-state index in [9.17, 15) is 14.7 Å². The number of carbonyl (C=O) groups is 2. The van der Waals surface area contributed by atoms with Gasteiger partial charge in [-0.2, -0.15) is 0 Å². The largest absolute Gasteiger partial charge is 0.502 e. The summed E-state index contributed by atoms with van der Waals surface area (Å²) in [6, 6.07) is 11.5. The third-order valence-electron chi connectivity index (χ3n) is 3.91. The van der Waals surface area contributed by atoms with Gasteiger partial charge < -0.3 is 9.84 Å². The Kier molecular flexibility index (Phi) is 4.51. The minimum atomic E-state index is -0.751. The molecule has 0 unspecified atom stereocenters. The van der Waals surface area contributed by atoms with Crippen molar-refractivity contribution in [1.29, 1.82) is 0 Å². The van der Waals surface area contributed by atoms with Crippen molar-refractivity contribution in [3.8, 4) is 5.75 Å². The maximum atomic E-state index is 12.8. The predicted octanol–water partition coefficient (Wildman–Crippen LogP) is 3.89. The number of hydrogen-bond donors (Lipinski definition) is 1. The van der Waals surface area contributed by atoms with Gasteiger partial charge in [0.15, 0.2) is 5.76 Å². The van der Waals surface area contributed by atoms with Crippen LogP contribution in [-0.4, -0.2) is 23.5 Å². The predicted molar refractivity (Wildman–Crippen MR) is 95.8 cm³/mol. The fourth-order valence-electron chi connectivity index (χ4n) is 2.75. The van der Waals surface area contributed by atoms with Gasteiger partial charge >= 0.3 is 5.91 Å². The Balaban J connectivity index is 1.99. The number of nitrogens with zero attached hydrogens (tertiary/aromatic N) is 1. The maximum Gasteiger partial charge on any atom is 0.301 e. The molecule has 5 nitrogen and oxygen atoms in total. The van der Waals surface area contributed by atoms with Gasteiger partial charge in [-0.25, -0.2) is 4.90 Å². The molecule has 1 heterocycles. The molecular weight excluding hydrogens is 342 g/mol. The molecule has 25 heavy (non-hydrogen) atoms. The van der Waals surface area contributed by atoms with Crippen LogP contribution in [0.3, 0.4) is 0 Å². The lowest BCUT2D eigenvalue weighted by atomic mass is 10.1. The molecule has 0 fully saturated rings. The van der Waals surface area contributed by atoms with Crippen molar-refractivity contribution >= 4 is 34.7 Å². The van der Waals surface area contributed by atoms with Gasteiger partial charge in [-0.3, -0.25) is 9.59 Å². The minimum Gasteiger partial charge on any atom is -0.502 e. The molecule has 0 aromatic heterocycles. The lowest BCUT2D eigenvalue weighted by Crippen LogP contribution is -2.32. The number of rotatable bonds is 4. The molecule has 128 valence electrons. The number of aliphatic hydroxyl groups excluding tert-OH is 1. The van der Waals surface area contributed by atoms with E-state index in [1.54, 1.807) is 49.4 Å². The van der Waals surface area contributed by atoms with Crippen LogP contribution < -0.4 is 9.64 Å². The molecule has 0 atom stereocenters. The van der Waals surface area contributed by atoms with Crippen molar-refractivity contribution in [1.82, 2.24) is 0 Å². The number of aliphatic hydroxyl groups is 1. The van der Waals surface area contributed by atoms with Crippen LogP contribution in [0, 0.1) is 6.92 Å². The van der Waals surface area contributed by atoms with E-state index in [4.69, 9.17) is 16.3 Å². The van der Waals surface area contributed by atoms with Gasteiger partial charge in [0.05, 0.1) is 17.9 Å². The normalized spacial score (nSPS) is 14.4. The van der Waals surface area contributed by atoms with Crippen LogP contribution in [0.25, 0.3) is 5.57 Å². The van der Waals surface area contributed by atoms with E-state index in [0.29, 0.717) is 34.2 Å². The third kappa shape index (κ3) is 2.98. The average molecular weight is 358 g/mol. The summed E-state index contributed by atoms with van der Waals surface area (Å²) in [6.07, 6.45) is 0. The molecule has 1 N–H and O–H groups in total. The van der Waals surface area contributed by atoms with Crippen molar-refractivity contribution in [3.63, 3.8) is 0 Å². The summed E-state index contributed by atoms with van der Waals surface area (Å²) in [4.78, 5) is 26.2. The highest BCUT2D eigenvalue weighted by atomic mass is 35.5. The first-order valence-corrected chi connectivity index (χ1v) is 8.13. The van der Waals surface area contributed by atoms with Crippen molar-refractivity contribution in [2.75, 3.05) is 11.5 Å². The first-order chi connectivity index (χ1) is 11.9. The Morgan fingerprint density at radius 2 is 1.76 bits per heavy atom. The molecule has 3 rings (SSSR count). The molecular formula is C19H16ClNO4. The number of carbonyl (C=O) groups excluding carboxylic acids is 2. The van der Waals surface area contributed by atoms with E-state index in [-0.39, 0.29) is 5.57 Å². The first-order valence-electron chi connectivity index (χ1n) is 7.75. The second kappa shape index (κ2) is 6.61. The molecule has 0 saturated heterocycles. The molecule has 1 aliphatic heterocycles. The maximum absolute atomic E-state index is 12.8. The number of hydrogen-bond acceptors (Lipinski definition) is 4. The van der Waals surface area contributed by atoms with Crippen LogP contribution in [0.5, 0.6) is 5.75 Å². The topological polar surface area (TPSA) is 66.8 Å². The van der Waals surface area contributed by atoms with E-state index in [1.165, 1.54) is 0 Å². The molecule has 2 aromatic rings. The SMILES string of the molecule is CCOc1ccc(C2=C(O)C(=O)N(c3ccc(Cl)cc3C)C2=O)cc1. The van der Waals surface area contributed by atoms with Gasteiger partial charge in [-0.15, -0.1) is 0 Å². The molecule has 1 aliphatic rings. The first kappa shape index (κ1) is 17.0. The fourth-order valence-corrected chi connectivity index (χ4v) is 2.98. The zero-order chi connectivity index (χ0) is 18.1. The van der Waals surface area contributed by atoms with Gasteiger partial charge in [-0.1, -0.05) is 23.7 Å². The average Bonchev–Trinajstić information content (AvgIpc) is 2.79. The number of imide groups is 1. The van der Waals surface area contributed by atoms with Gasteiger partial charge in [0.1, 0.15) is 5.75 Å². The smallest absolute Gasteiger partial charge is 0.301 e. The molecule has 0 aliphatic carbocycles. The number of aryl methyl sites for hydroxylation is 1. The number of ether oxygens (including phenoxy) is 1. The van der Waals surface area contributed by atoms with Crippen LogP contribution in [0.15, 0.2) is 48.2 Å². The summed E-state index contributed by atoms with van der Waals surface area (Å²) in [5.41, 5.74) is 1.48. The lowest BCUT2D eigenvalue weighted by Gasteiger charge is -2.17. The van der Waals surface area contributed by atoms with E-state index in [0.717, 1.165) is 4.90 Å². The van der Waals surface area contributed by atoms with Crippen molar-refractivity contribution in [2.45, 2.75) is 13.8 Å². The molecule has 0 bridgehead atoms. The quantitative estimate of drug-likeness (QED) is 0.843. The van der Waals surface area contributed by atoms with Crippen LogP contribution in [0.4, 0.5) is 5.69 Å². The minimum absolute atomic E-state index is 0.0256. The third-order valence-corrected chi connectivity index (χ3v) is 4.15. The Labute approximate surface area is 150 Å². The number of benzene rings is 2. The van der Waals surface area contributed by atoms with Crippen LogP contribution in [0.1, 0.15) is 18.1 Å². The van der Waals surface area contributed by atoms with Gasteiger partial charge in [0.2, 0.25) is 0 Å². The zero-order valence-corrected chi connectivity index (χ0v) is 14.5. The lowest BCUT2D eigenvalue weighted by molar-refractivity contribution is -0.121. The highest BCUT2D eigenvalue weighted by Gasteiger charge is 2.40. The van der Waals surface area contributed by atoms with Crippen molar-refractivity contribution in [3.05, 3.63) is 64.4 Å².